The van der Waals surface area contributed by atoms with Gasteiger partial charge in [0.15, 0.2) is 0 Å². The fourth-order valence-corrected chi connectivity index (χ4v) is 2.84. The molecule has 6 nitrogen and oxygen atoms in total. The number of halogens is 1. The molecule has 1 unspecified atom stereocenters. The number of benzene rings is 1. The number of carbonyl (C=O) groups is 2. The van der Waals surface area contributed by atoms with Crippen LogP contribution in [-0.2, 0) is 6.54 Å². The van der Waals surface area contributed by atoms with Gasteiger partial charge in [-0.15, -0.1) is 12.4 Å². The molecular formula is C18H29ClN4O2. The standard InChI is InChI=1S/C18H28N4O2.ClH/c1-13(2)21-18(24)20-11-14-6-8-15(9-7-14)17(23)22-10-4-5-16(12-22)19-3;/h6-9,13,16,19H,4-5,10-12H2,1-3H3,(H2,20,21,24);1H. The van der Waals surface area contributed by atoms with Crippen LogP contribution in [0, 0.1) is 0 Å². The first-order chi connectivity index (χ1) is 11.5. The molecule has 1 aliphatic rings. The Morgan fingerprint density at radius 3 is 2.52 bits per heavy atom. The maximum atomic E-state index is 12.6. The fourth-order valence-electron chi connectivity index (χ4n) is 2.84. The summed E-state index contributed by atoms with van der Waals surface area (Å²) in [6.07, 6.45) is 2.15. The van der Waals surface area contributed by atoms with Crippen LogP contribution in [0.1, 0.15) is 42.6 Å². The number of nitrogens with one attached hydrogen (secondary N) is 3. The van der Waals surface area contributed by atoms with E-state index in [9.17, 15) is 9.59 Å². The number of hydrogen-bond donors (Lipinski definition) is 3. The van der Waals surface area contributed by atoms with E-state index < -0.39 is 0 Å². The number of carbonyl (C=O) groups excluding carboxylic acids is 2. The Morgan fingerprint density at radius 1 is 1.24 bits per heavy atom. The number of amides is 3. The lowest BCUT2D eigenvalue weighted by molar-refractivity contribution is 0.0698. The van der Waals surface area contributed by atoms with Crippen molar-refractivity contribution in [2.45, 2.75) is 45.3 Å². The number of rotatable bonds is 5. The minimum Gasteiger partial charge on any atom is -0.337 e. The highest BCUT2D eigenvalue weighted by molar-refractivity contribution is 5.94. The van der Waals surface area contributed by atoms with Crippen molar-refractivity contribution in [1.29, 1.82) is 0 Å². The maximum absolute atomic E-state index is 12.6. The van der Waals surface area contributed by atoms with Crippen molar-refractivity contribution in [3.05, 3.63) is 35.4 Å². The highest BCUT2D eigenvalue weighted by Gasteiger charge is 2.23. The summed E-state index contributed by atoms with van der Waals surface area (Å²) in [5.74, 6) is 0.0759. The summed E-state index contributed by atoms with van der Waals surface area (Å²) in [4.78, 5) is 26.1. The second kappa shape index (κ2) is 10.3. The maximum Gasteiger partial charge on any atom is 0.315 e. The third-order valence-corrected chi connectivity index (χ3v) is 4.19. The van der Waals surface area contributed by atoms with E-state index in [1.54, 1.807) is 0 Å². The van der Waals surface area contributed by atoms with Gasteiger partial charge in [-0.3, -0.25) is 4.79 Å². The van der Waals surface area contributed by atoms with Gasteiger partial charge in [0.2, 0.25) is 0 Å². The van der Waals surface area contributed by atoms with Crippen molar-refractivity contribution in [2.75, 3.05) is 20.1 Å². The third-order valence-electron chi connectivity index (χ3n) is 4.19. The average molecular weight is 369 g/mol. The van der Waals surface area contributed by atoms with Crippen LogP contribution in [0.5, 0.6) is 0 Å². The molecule has 3 amide bonds. The molecule has 0 bridgehead atoms. The van der Waals surface area contributed by atoms with E-state index >= 15 is 0 Å². The summed E-state index contributed by atoms with van der Waals surface area (Å²) in [6.45, 7) is 5.85. The molecule has 1 heterocycles. The third kappa shape index (κ3) is 6.55. The molecule has 0 aromatic heterocycles. The average Bonchev–Trinajstić information content (AvgIpc) is 2.59. The highest BCUT2D eigenvalue weighted by Crippen LogP contribution is 2.14. The van der Waals surface area contributed by atoms with Gasteiger partial charge >= 0.3 is 6.03 Å². The van der Waals surface area contributed by atoms with Crippen molar-refractivity contribution in [2.24, 2.45) is 0 Å². The smallest absolute Gasteiger partial charge is 0.315 e. The van der Waals surface area contributed by atoms with Gasteiger partial charge in [0.05, 0.1) is 0 Å². The van der Waals surface area contributed by atoms with Gasteiger partial charge in [-0.25, -0.2) is 4.79 Å². The molecule has 1 atom stereocenters. The molecule has 0 aliphatic carbocycles. The molecule has 140 valence electrons. The zero-order valence-electron chi connectivity index (χ0n) is 15.2. The Labute approximate surface area is 156 Å². The summed E-state index contributed by atoms with van der Waals surface area (Å²) >= 11 is 0. The molecule has 2 rings (SSSR count). The van der Waals surface area contributed by atoms with E-state index in [2.05, 4.69) is 16.0 Å². The lowest BCUT2D eigenvalue weighted by atomic mass is 10.0. The van der Waals surface area contributed by atoms with Gasteiger partial charge in [-0.1, -0.05) is 12.1 Å². The van der Waals surface area contributed by atoms with Crippen molar-refractivity contribution in [3.63, 3.8) is 0 Å². The van der Waals surface area contributed by atoms with Crippen LogP contribution in [0.25, 0.3) is 0 Å². The van der Waals surface area contributed by atoms with Gasteiger partial charge < -0.3 is 20.9 Å². The van der Waals surface area contributed by atoms with Gasteiger partial charge in [-0.05, 0) is 51.4 Å². The predicted octanol–water partition coefficient (Wildman–Crippen LogP) is 2.14. The van der Waals surface area contributed by atoms with Gasteiger partial charge in [0.25, 0.3) is 5.91 Å². The van der Waals surface area contributed by atoms with E-state index in [1.807, 2.05) is 50.1 Å². The SMILES string of the molecule is CNC1CCCN(C(=O)c2ccc(CNC(=O)NC(C)C)cc2)C1.Cl. The Hall–Kier alpha value is -1.79. The topological polar surface area (TPSA) is 73.5 Å². The first kappa shape index (κ1) is 21.3. The van der Waals surface area contributed by atoms with Crippen LogP contribution >= 0.6 is 12.4 Å². The van der Waals surface area contributed by atoms with Gasteiger partial charge in [0, 0.05) is 37.3 Å². The normalized spacial score (nSPS) is 17.0. The molecule has 7 heteroatoms. The van der Waals surface area contributed by atoms with Gasteiger partial charge in [0.1, 0.15) is 0 Å². The molecule has 1 aromatic carbocycles. The summed E-state index contributed by atoms with van der Waals surface area (Å²) in [6, 6.07) is 7.76. The van der Waals surface area contributed by atoms with Crippen LogP contribution in [0.2, 0.25) is 0 Å². The molecule has 1 aromatic rings. The summed E-state index contributed by atoms with van der Waals surface area (Å²) in [7, 11) is 1.94. The Kier molecular flexibility index (Phi) is 8.72. The first-order valence-corrected chi connectivity index (χ1v) is 8.59. The van der Waals surface area contributed by atoms with Crippen LogP contribution in [-0.4, -0.2) is 49.1 Å². The summed E-state index contributed by atoms with van der Waals surface area (Å²) in [5.41, 5.74) is 1.67. The van der Waals surface area contributed by atoms with E-state index in [4.69, 9.17) is 0 Å². The lowest BCUT2D eigenvalue weighted by Crippen LogP contribution is -2.46. The molecule has 0 spiro atoms. The van der Waals surface area contributed by atoms with Crippen LogP contribution in [0.15, 0.2) is 24.3 Å². The second-order valence-electron chi connectivity index (χ2n) is 6.56. The number of likely N-dealkylation sites (N-methyl/N-ethyl adjacent to an activating group) is 1. The number of urea groups is 1. The quantitative estimate of drug-likeness (QED) is 0.745. The molecule has 0 radical (unpaired) electrons. The Balaban J connectivity index is 0.00000312. The van der Waals surface area contributed by atoms with Crippen LogP contribution in [0.3, 0.4) is 0 Å². The number of likely N-dealkylation sites (tertiary alicyclic amines) is 1. The zero-order chi connectivity index (χ0) is 17.5. The summed E-state index contributed by atoms with van der Waals surface area (Å²) in [5, 5.41) is 8.83. The lowest BCUT2D eigenvalue weighted by Gasteiger charge is -2.32. The van der Waals surface area contributed by atoms with Crippen molar-refractivity contribution in [1.82, 2.24) is 20.9 Å². The van der Waals surface area contributed by atoms with E-state index in [0.29, 0.717) is 18.2 Å². The van der Waals surface area contributed by atoms with Crippen molar-refractivity contribution < 1.29 is 9.59 Å². The van der Waals surface area contributed by atoms with Crippen molar-refractivity contribution in [3.8, 4) is 0 Å². The number of piperidine rings is 1. The zero-order valence-corrected chi connectivity index (χ0v) is 16.0. The largest absolute Gasteiger partial charge is 0.337 e. The molecule has 25 heavy (non-hydrogen) atoms. The number of nitrogens with zero attached hydrogens (tertiary/aromatic N) is 1. The van der Waals surface area contributed by atoms with E-state index in [1.165, 1.54) is 0 Å². The first-order valence-electron chi connectivity index (χ1n) is 8.59. The fraction of sp³-hybridized carbons (Fsp3) is 0.556. The second-order valence-corrected chi connectivity index (χ2v) is 6.56. The Bertz CT molecular complexity index is 563. The van der Waals surface area contributed by atoms with Crippen LogP contribution in [0.4, 0.5) is 4.79 Å². The van der Waals surface area contributed by atoms with Crippen LogP contribution < -0.4 is 16.0 Å². The predicted molar refractivity (Wildman–Crippen MR) is 102 cm³/mol. The Morgan fingerprint density at radius 2 is 1.92 bits per heavy atom. The molecule has 0 saturated carbocycles. The molecule has 1 aliphatic heterocycles. The minimum atomic E-state index is -0.184. The van der Waals surface area contributed by atoms with E-state index in [0.717, 1.165) is 31.5 Å². The molecule has 3 N–H and O–H groups in total. The van der Waals surface area contributed by atoms with Gasteiger partial charge in [-0.2, -0.15) is 0 Å². The molecule has 1 fully saturated rings. The number of hydrogen-bond acceptors (Lipinski definition) is 3. The monoisotopic (exact) mass is 368 g/mol. The van der Waals surface area contributed by atoms with Crippen molar-refractivity contribution >= 4 is 24.3 Å². The summed E-state index contributed by atoms with van der Waals surface area (Å²) < 4.78 is 0. The molecular weight excluding hydrogens is 340 g/mol. The molecule has 1 saturated heterocycles. The minimum absolute atomic E-state index is 0. The van der Waals surface area contributed by atoms with E-state index in [-0.39, 0.29) is 30.4 Å². The highest BCUT2D eigenvalue weighted by atomic mass is 35.5.